The monoisotopic (exact) mass is 472 g/mol. The molecule has 10 heteroatoms. The Morgan fingerprint density at radius 1 is 1.30 bits per heavy atom. The van der Waals surface area contributed by atoms with Gasteiger partial charge in [-0.1, -0.05) is 18.5 Å². The van der Waals surface area contributed by atoms with Crippen molar-refractivity contribution in [1.82, 2.24) is 19.7 Å². The van der Waals surface area contributed by atoms with Crippen LogP contribution in [0.2, 0.25) is 5.15 Å². The number of anilines is 2. The molecule has 3 aromatic rings. The number of pyridine rings is 2. The topological polar surface area (TPSA) is 117 Å². The molecule has 0 saturated carbocycles. The fourth-order valence-electron chi connectivity index (χ4n) is 3.38. The van der Waals surface area contributed by atoms with E-state index in [0.717, 1.165) is 24.9 Å². The largest absolute Gasteiger partial charge is 0.477 e. The summed E-state index contributed by atoms with van der Waals surface area (Å²) in [6.07, 6.45) is 3.48. The second kappa shape index (κ2) is 11.0. The van der Waals surface area contributed by atoms with Gasteiger partial charge in [0, 0.05) is 19.3 Å². The molecule has 3 N–H and O–H groups in total. The van der Waals surface area contributed by atoms with Crippen LogP contribution in [0.1, 0.15) is 35.8 Å². The minimum Gasteiger partial charge on any atom is -0.477 e. The van der Waals surface area contributed by atoms with Crippen molar-refractivity contribution in [3.8, 4) is 17.1 Å². The van der Waals surface area contributed by atoms with Crippen molar-refractivity contribution < 1.29 is 14.3 Å². The SMILES string of the molecule is COC(=O)c1cc(C)nc(-c2cnn(C)c2OCCC[C@@H](C)CNc2nc(Cl)ccc2N)c1. The molecule has 0 spiro atoms. The van der Waals surface area contributed by atoms with Gasteiger partial charge in [-0.3, -0.25) is 4.98 Å². The maximum atomic E-state index is 12.0. The summed E-state index contributed by atoms with van der Waals surface area (Å²) in [7, 11) is 3.16. The number of aryl methyl sites for hydroxylation is 2. The van der Waals surface area contributed by atoms with E-state index < -0.39 is 5.97 Å². The number of nitrogen functional groups attached to an aromatic ring is 1. The first-order chi connectivity index (χ1) is 15.8. The number of hydrogen-bond donors (Lipinski definition) is 2. The van der Waals surface area contributed by atoms with E-state index in [9.17, 15) is 4.79 Å². The van der Waals surface area contributed by atoms with E-state index in [0.29, 0.717) is 52.0 Å². The average molecular weight is 473 g/mol. The summed E-state index contributed by atoms with van der Waals surface area (Å²) in [5.74, 6) is 1.17. The Labute approximate surface area is 198 Å². The van der Waals surface area contributed by atoms with Gasteiger partial charge in [-0.15, -0.1) is 0 Å². The number of carbonyl (C=O) groups is 1. The summed E-state index contributed by atoms with van der Waals surface area (Å²) < 4.78 is 12.6. The smallest absolute Gasteiger partial charge is 0.337 e. The van der Waals surface area contributed by atoms with Gasteiger partial charge in [0.05, 0.1) is 42.4 Å². The molecule has 1 atom stereocenters. The number of nitrogens with one attached hydrogen (secondary N) is 1. The van der Waals surface area contributed by atoms with Gasteiger partial charge in [-0.2, -0.15) is 5.10 Å². The molecule has 0 aliphatic carbocycles. The Hall–Kier alpha value is -3.33. The van der Waals surface area contributed by atoms with Gasteiger partial charge in [-0.25, -0.2) is 14.5 Å². The van der Waals surface area contributed by atoms with Crippen molar-refractivity contribution in [3.63, 3.8) is 0 Å². The van der Waals surface area contributed by atoms with Crippen molar-refractivity contribution in [3.05, 3.63) is 46.9 Å². The first kappa shape index (κ1) is 24.3. The molecule has 0 bridgehead atoms. The second-order valence-electron chi connectivity index (χ2n) is 7.91. The minimum absolute atomic E-state index is 0.376. The molecule has 0 aliphatic heterocycles. The van der Waals surface area contributed by atoms with Gasteiger partial charge in [0.15, 0.2) is 5.82 Å². The molecule has 3 aromatic heterocycles. The van der Waals surface area contributed by atoms with Crippen LogP contribution in [0.5, 0.6) is 5.88 Å². The zero-order chi connectivity index (χ0) is 24.0. The van der Waals surface area contributed by atoms with Gasteiger partial charge in [0.25, 0.3) is 0 Å². The molecule has 3 heterocycles. The maximum Gasteiger partial charge on any atom is 0.337 e. The highest BCUT2D eigenvalue weighted by molar-refractivity contribution is 6.29. The fourth-order valence-corrected chi connectivity index (χ4v) is 3.52. The van der Waals surface area contributed by atoms with Gasteiger partial charge in [0.2, 0.25) is 5.88 Å². The van der Waals surface area contributed by atoms with Gasteiger partial charge < -0.3 is 20.5 Å². The number of aromatic nitrogens is 4. The number of nitrogens with zero attached hydrogens (tertiary/aromatic N) is 4. The number of nitrogens with two attached hydrogens (primary N) is 1. The number of carbonyl (C=O) groups excluding carboxylic acids is 1. The molecule has 3 rings (SSSR count). The van der Waals surface area contributed by atoms with Crippen molar-refractivity contribution in [2.75, 3.05) is 31.3 Å². The summed E-state index contributed by atoms with van der Waals surface area (Å²) >= 11 is 5.94. The van der Waals surface area contributed by atoms with E-state index in [1.807, 2.05) is 14.0 Å². The zero-order valence-electron chi connectivity index (χ0n) is 19.3. The molecule has 0 aliphatic rings. The summed E-state index contributed by atoms with van der Waals surface area (Å²) in [6.45, 7) is 5.21. The van der Waals surface area contributed by atoms with Crippen LogP contribution >= 0.6 is 11.6 Å². The third-order valence-corrected chi connectivity index (χ3v) is 5.34. The van der Waals surface area contributed by atoms with E-state index in [-0.39, 0.29) is 0 Å². The lowest BCUT2D eigenvalue weighted by Gasteiger charge is -2.15. The minimum atomic E-state index is -0.412. The van der Waals surface area contributed by atoms with Crippen LogP contribution in [0, 0.1) is 12.8 Å². The molecule has 176 valence electrons. The molecule has 0 saturated heterocycles. The number of ether oxygens (including phenoxy) is 2. The van der Waals surface area contributed by atoms with Crippen LogP contribution in [-0.4, -0.2) is 46.0 Å². The predicted octanol–water partition coefficient (Wildman–Crippen LogP) is 4.11. The number of hydrogen-bond acceptors (Lipinski definition) is 8. The van der Waals surface area contributed by atoms with Crippen molar-refractivity contribution in [1.29, 1.82) is 0 Å². The fraction of sp³-hybridized carbons (Fsp3) is 0.391. The Balaban J connectivity index is 1.56. The lowest BCUT2D eigenvalue weighted by atomic mass is 10.1. The Morgan fingerprint density at radius 2 is 2.09 bits per heavy atom. The van der Waals surface area contributed by atoms with Crippen LogP contribution in [-0.2, 0) is 11.8 Å². The number of rotatable bonds is 10. The summed E-state index contributed by atoms with van der Waals surface area (Å²) in [4.78, 5) is 20.7. The standard InChI is InChI=1S/C23H29ClN6O3/c1-14(12-26-21-18(25)7-8-20(24)29-21)6-5-9-33-22-17(13-27-30(22)3)19-11-16(23(31)32-4)10-15(2)28-19/h7-8,10-11,13-14H,5-6,9,12,25H2,1-4H3,(H,26,29)/t14-/m1/s1. The Bertz CT molecular complexity index is 1120. The normalized spacial score (nSPS) is 11.8. The van der Waals surface area contributed by atoms with Crippen LogP contribution in [0.4, 0.5) is 11.5 Å². The van der Waals surface area contributed by atoms with Crippen LogP contribution < -0.4 is 15.8 Å². The highest BCUT2D eigenvalue weighted by Gasteiger charge is 2.17. The van der Waals surface area contributed by atoms with E-state index in [1.54, 1.807) is 35.1 Å². The van der Waals surface area contributed by atoms with Gasteiger partial charge >= 0.3 is 5.97 Å². The highest BCUT2D eigenvalue weighted by Crippen LogP contribution is 2.29. The van der Waals surface area contributed by atoms with E-state index in [1.165, 1.54) is 7.11 Å². The molecule has 0 aromatic carbocycles. The predicted molar refractivity (Wildman–Crippen MR) is 129 cm³/mol. The van der Waals surface area contributed by atoms with Crippen molar-refractivity contribution in [2.24, 2.45) is 13.0 Å². The first-order valence-electron chi connectivity index (χ1n) is 10.7. The second-order valence-corrected chi connectivity index (χ2v) is 8.30. The molecule has 9 nitrogen and oxygen atoms in total. The van der Waals surface area contributed by atoms with Crippen LogP contribution in [0.3, 0.4) is 0 Å². The molecular formula is C23H29ClN6O3. The van der Waals surface area contributed by atoms with Crippen molar-refractivity contribution >= 4 is 29.1 Å². The molecule has 33 heavy (non-hydrogen) atoms. The van der Waals surface area contributed by atoms with Gasteiger partial charge in [-0.05, 0) is 49.9 Å². The lowest BCUT2D eigenvalue weighted by molar-refractivity contribution is 0.0600. The molecule has 0 fully saturated rings. The lowest BCUT2D eigenvalue weighted by Crippen LogP contribution is -2.14. The first-order valence-corrected chi connectivity index (χ1v) is 11.0. The van der Waals surface area contributed by atoms with Crippen LogP contribution in [0.25, 0.3) is 11.3 Å². The molecule has 0 radical (unpaired) electrons. The number of methoxy groups -OCH3 is 1. The van der Waals surface area contributed by atoms with E-state index >= 15 is 0 Å². The maximum absolute atomic E-state index is 12.0. The Morgan fingerprint density at radius 3 is 2.85 bits per heavy atom. The third kappa shape index (κ3) is 6.35. The molecular weight excluding hydrogens is 444 g/mol. The summed E-state index contributed by atoms with van der Waals surface area (Å²) in [5.41, 5.74) is 8.98. The third-order valence-electron chi connectivity index (χ3n) is 5.13. The highest BCUT2D eigenvalue weighted by atomic mass is 35.5. The summed E-state index contributed by atoms with van der Waals surface area (Å²) in [5, 5.41) is 7.96. The van der Waals surface area contributed by atoms with E-state index in [4.69, 9.17) is 26.8 Å². The quantitative estimate of drug-likeness (QED) is 0.257. The molecule has 0 unspecified atom stereocenters. The number of halogens is 1. The van der Waals surface area contributed by atoms with Crippen LogP contribution in [0.15, 0.2) is 30.5 Å². The Kier molecular flexibility index (Phi) is 8.11. The van der Waals surface area contributed by atoms with E-state index in [2.05, 4.69) is 27.3 Å². The average Bonchev–Trinajstić information content (AvgIpc) is 3.16. The van der Waals surface area contributed by atoms with Gasteiger partial charge in [0.1, 0.15) is 5.15 Å². The zero-order valence-corrected chi connectivity index (χ0v) is 20.0. The molecule has 0 amide bonds. The summed E-state index contributed by atoms with van der Waals surface area (Å²) in [6, 6.07) is 6.77. The number of esters is 1. The van der Waals surface area contributed by atoms with Crippen molar-refractivity contribution in [2.45, 2.75) is 26.7 Å².